The number of carboxylic acids is 2. The molecule has 0 radical (unpaired) electrons. The van der Waals surface area contributed by atoms with Gasteiger partial charge in [0.25, 0.3) is 0 Å². The molecule has 0 aliphatic rings. The Labute approximate surface area is 156 Å². The second-order valence-electron chi connectivity index (χ2n) is 6.56. The number of carboxylic acid groups (broad SMARTS) is 2. The molecule has 0 heterocycles. The molecule has 6 nitrogen and oxygen atoms in total. The highest BCUT2D eigenvalue weighted by Crippen LogP contribution is 2.36. The lowest BCUT2D eigenvalue weighted by Crippen LogP contribution is -2.33. The predicted octanol–water partition coefficient (Wildman–Crippen LogP) is 4.75. The average molecular weight is 370 g/mol. The molecule has 0 aromatic rings. The molecule has 0 amide bonds. The van der Waals surface area contributed by atoms with Gasteiger partial charge >= 0.3 is 11.9 Å². The van der Waals surface area contributed by atoms with Crippen molar-refractivity contribution in [3.8, 4) is 0 Å². The number of hydrogen-bond donors (Lipinski definition) is 2. The normalized spacial score (nSPS) is 10.9. The van der Waals surface area contributed by atoms with E-state index in [1.807, 2.05) is 0 Å². The first kappa shape index (κ1) is 24.0. The van der Waals surface area contributed by atoms with Gasteiger partial charge in [-0.25, -0.2) is 0 Å². The molecule has 0 aliphatic carbocycles. The lowest BCUT2D eigenvalue weighted by atomic mass is 9.75. The van der Waals surface area contributed by atoms with Crippen LogP contribution in [0.1, 0.15) is 70.6 Å². The molecule has 0 aromatic carbocycles. The smallest absolute Gasteiger partial charge is 0.310 e. The van der Waals surface area contributed by atoms with Gasteiger partial charge in [0, 0.05) is 0 Å². The van der Waals surface area contributed by atoms with E-state index in [0.29, 0.717) is 38.9 Å². The van der Waals surface area contributed by atoms with E-state index in [1.54, 1.807) is 0 Å². The fourth-order valence-corrected chi connectivity index (χ4v) is 3.05. The topological polar surface area (TPSA) is 93.1 Å². The van der Waals surface area contributed by atoms with Crippen molar-refractivity contribution >= 4 is 11.9 Å². The quantitative estimate of drug-likeness (QED) is 0.252. The molecule has 0 saturated heterocycles. The fourth-order valence-electron chi connectivity index (χ4n) is 3.05. The fraction of sp³-hybridized carbons (Fsp3) is 0.700. The van der Waals surface area contributed by atoms with Crippen molar-refractivity contribution in [1.82, 2.24) is 0 Å². The number of carbonyl (C=O) groups is 2. The first-order valence-electron chi connectivity index (χ1n) is 9.38. The second-order valence-corrected chi connectivity index (χ2v) is 6.56. The van der Waals surface area contributed by atoms with Crippen LogP contribution < -0.4 is 0 Å². The van der Waals surface area contributed by atoms with Gasteiger partial charge in [0.15, 0.2) is 0 Å². The summed E-state index contributed by atoms with van der Waals surface area (Å²) in [5, 5.41) is 18.9. The standard InChI is InChI=1S/C20H34O6/c1-3-25-15-11-7-5-9-13-20(19(23)24,17-18(21)22)14-10-6-8-12-16-26-4-2/h3-4H,1-2,5-17H2,(H,21,22)(H,23,24). The van der Waals surface area contributed by atoms with E-state index >= 15 is 0 Å². The molecule has 2 N–H and O–H groups in total. The van der Waals surface area contributed by atoms with Gasteiger partial charge in [-0.15, -0.1) is 0 Å². The van der Waals surface area contributed by atoms with E-state index in [1.165, 1.54) is 12.5 Å². The molecule has 0 rings (SSSR count). The second kappa shape index (κ2) is 15.3. The summed E-state index contributed by atoms with van der Waals surface area (Å²) >= 11 is 0. The van der Waals surface area contributed by atoms with E-state index in [-0.39, 0.29) is 6.42 Å². The Hall–Kier alpha value is -1.98. The van der Waals surface area contributed by atoms with Crippen LogP contribution in [0, 0.1) is 5.41 Å². The molecule has 0 bridgehead atoms. The van der Waals surface area contributed by atoms with Gasteiger partial charge in [0.2, 0.25) is 0 Å². The number of hydrogen-bond acceptors (Lipinski definition) is 4. The minimum Gasteiger partial charge on any atom is -0.502 e. The Bertz CT molecular complexity index is 397. The molecule has 0 aliphatic heterocycles. The monoisotopic (exact) mass is 370 g/mol. The van der Waals surface area contributed by atoms with Crippen molar-refractivity contribution in [3.63, 3.8) is 0 Å². The molecular weight excluding hydrogens is 336 g/mol. The lowest BCUT2D eigenvalue weighted by Gasteiger charge is -2.28. The zero-order valence-corrected chi connectivity index (χ0v) is 15.8. The van der Waals surface area contributed by atoms with Crippen LogP contribution in [0.3, 0.4) is 0 Å². The molecule has 0 fully saturated rings. The minimum absolute atomic E-state index is 0.318. The Kier molecular flexibility index (Phi) is 14.1. The third kappa shape index (κ3) is 11.6. The van der Waals surface area contributed by atoms with E-state index < -0.39 is 17.4 Å². The van der Waals surface area contributed by atoms with E-state index in [9.17, 15) is 19.8 Å². The van der Waals surface area contributed by atoms with Crippen molar-refractivity contribution in [2.45, 2.75) is 70.6 Å². The van der Waals surface area contributed by atoms with Gasteiger partial charge < -0.3 is 19.7 Å². The van der Waals surface area contributed by atoms with Crippen LogP contribution in [0.2, 0.25) is 0 Å². The summed E-state index contributed by atoms with van der Waals surface area (Å²) in [6, 6.07) is 0. The maximum absolute atomic E-state index is 11.8. The Morgan fingerprint density at radius 3 is 1.54 bits per heavy atom. The maximum Gasteiger partial charge on any atom is 0.310 e. The Morgan fingerprint density at radius 2 is 1.19 bits per heavy atom. The number of aliphatic carboxylic acids is 2. The molecule has 0 saturated carbocycles. The van der Waals surface area contributed by atoms with E-state index in [2.05, 4.69) is 13.2 Å². The van der Waals surface area contributed by atoms with Gasteiger partial charge in [-0.1, -0.05) is 51.7 Å². The first-order chi connectivity index (χ1) is 12.5. The largest absolute Gasteiger partial charge is 0.502 e. The van der Waals surface area contributed by atoms with Gasteiger partial charge in [-0.2, -0.15) is 0 Å². The van der Waals surface area contributed by atoms with E-state index in [4.69, 9.17) is 9.47 Å². The molecular formula is C20H34O6. The third-order valence-corrected chi connectivity index (χ3v) is 4.51. The highest BCUT2D eigenvalue weighted by atomic mass is 16.5. The first-order valence-corrected chi connectivity index (χ1v) is 9.38. The molecule has 26 heavy (non-hydrogen) atoms. The summed E-state index contributed by atoms with van der Waals surface area (Å²) in [7, 11) is 0. The van der Waals surface area contributed by atoms with Crippen molar-refractivity contribution in [3.05, 3.63) is 25.7 Å². The summed E-state index contributed by atoms with van der Waals surface area (Å²) in [6.07, 6.45) is 10.1. The van der Waals surface area contributed by atoms with Crippen molar-refractivity contribution in [1.29, 1.82) is 0 Å². The van der Waals surface area contributed by atoms with Gasteiger partial charge in [-0.3, -0.25) is 9.59 Å². The molecule has 0 unspecified atom stereocenters. The summed E-state index contributed by atoms with van der Waals surface area (Å²) < 4.78 is 10.1. The van der Waals surface area contributed by atoms with Crippen LogP contribution >= 0.6 is 0 Å². The third-order valence-electron chi connectivity index (χ3n) is 4.51. The minimum atomic E-state index is -1.17. The summed E-state index contributed by atoms with van der Waals surface area (Å²) in [4.78, 5) is 23.1. The molecule has 150 valence electrons. The van der Waals surface area contributed by atoms with Crippen molar-refractivity contribution in [2.24, 2.45) is 5.41 Å². The van der Waals surface area contributed by atoms with Crippen LogP contribution in [-0.2, 0) is 19.1 Å². The SMILES string of the molecule is C=COCCCCCCC(CCCCCCOC=C)(CC(=O)O)C(=O)O. The number of rotatable bonds is 19. The molecule has 0 atom stereocenters. The average Bonchev–Trinajstić information content (AvgIpc) is 2.59. The molecule has 0 spiro atoms. The highest BCUT2D eigenvalue weighted by Gasteiger charge is 2.39. The number of ether oxygens (including phenoxy) is 2. The molecule has 6 heteroatoms. The zero-order valence-electron chi connectivity index (χ0n) is 15.8. The summed E-state index contributed by atoms with van der Waals surface area (Å²) in [5.41, 5.74) is -1.17. The number of unbranched alkanes of at least 4 members (excludes halogenated alkanes) is 6. The van der Waals surface area contributed by atoms with Crippen LogP contribution in [0.25, 0.3) is 0 Å². The van der Waals surface area contributed by atoms with Crippen LogP contribution in [0.5, 0.6) is 0 Å². The van der Waals surface area contributed by atoms with Gasteiger partial charge in [0.1, 0.15) is 0 Å². The Balaban J connectivity index is 4.36. The van der Waals surface area contributed by atoms with Gasteiger partial charge in [-0.05, 0) is 25.7 Å². The van der Waals surface area contributed by atoms with Crippen LogP contribution in [-0.4, -0.2) is 35.4 Å². The molecule has 0 aromatic heterocycles. The predicted molar refractivity (Wildman–Crippen MR) is 101 cm³/mol. The van der Waals surface area contributed by atoms with Gasteiger partial charge in [0.05, 0.1) is 37.6 Å². The van der Waals surface area contributed by atoms with Crippen molar-refractivity contribution in [2.75, 3.05) is 13.2 Å². The highest BCUT2D eigenvalue weighted by molar-refractivity contribution is 5.81. The van der Waals surface area contributed by atoms with Crippen LogP contribution in [0.15, 0.2) is 25.7 Å². The maximum atomic E-state index is 11.8. The van der Waals surface area contributed by atoms with Crippen molar-refractivity contribution < 1.29 is 29.3 Å². The summed E-state index contributed by atoms with van der Waals surface area (Å²) in [6.45, 7) is 8.17. The lowest BCUT2D eigenvalue weighted by molar-refractivity contribution is -0.157. The van der Waals surface area contributed by atoms with Crippen LogP contribution in [0.4, 0.5) is 0 Å². The Morgan fingerprint density at radius 1 is 0.769 bits per heavy atom. The van der Waals surface area contributed by atoms with E-state index in [0.717, 1.165) is 38.5 Å². The summed E-state index contributed by atoms with van der Waals surface area (Å²) in [5.74, 6) is -2.05. The zero-order chi connectivity index (χ0) is 19.7.